The van der Waals surface area contributed by atoms with Gasteiger partial charge in [-0.2, -0.15) is 0 Å². The maximum atomic E-state index is 10.8. The number of nitrogens with one attached hydrogen (secondary N) is 1. The zero-order valence-corrected chi connectivity index (χ0v) is 18.4. The second kappa shape index (κ2) is 10.5. The van der Waals surface area contributed by atoms with Crippen LogP contribution in [0.2, 0.25) is 0 Å². The molecule has 0 bridgehead atoms. The van der Waals surface area contributed by atoms with Gasteiger partial charge < -0.3 is 9.84 Å². The number of amidine groups is 1. The van der Waals surface area contributed by atoms with E-state index in [9.17, 15) is 5.11 Å². The van der Waals surface area contributed by atoms with Gasteiger partial charge in [0.1, 0.15) is 11.5 Å². The number of phenolic OH excluding ortho intramolecular Hbond substituents is 1. The fourth-order valence-electron chi connectivity index (χ4n) is 3.56. The minimum Gasteiger partial charge on any atom is -0.507 e. The van der Waals surface area contributed by atoms with E-state index >= 15 is 0 Å². The van der Waals surface area contributed by atoms with Gasteiger partial charge in [-0.3, -0.25) is 10.4 Å². The second-order valence-corrected chi connectivity index (χ2v) is 7.75. The Bertz CT molecular complexity index is 1080. The molecule has 4 rings (SSSR count). The van der Waals surface area contributed by atoms with Gasteiger partial charge in [0.15, 0.2) is 5.84 Å². The third-order valence-electron chi connectivity index (χ3n) is 5.30. The minimum atomic E-state index is 0.129. The van der Waals surface area contributed by atoms with E-state index in [4.69, 9.17) is 9.73 Å². The molecule has 5 heteroatoms. The molecule has 3 aromatic carbocycles. The van der Waals surface area contributed by atoms with Crippen LogP contribution in [-0.4, -0.2) is 17.5 Å². The van der Waals surface area contributed by atoms with Gasteiger partial charge in [0, 0.05) is 11.6 Å². The number of rotatable bonds is 9. The van der Waals surface area contributed by atoms with Crippen molar-refractivity contribution < 1.29 is 9.84 Å². The summed E-state index contributed by atoms with van der Waals surface area (Å²) < 4.78 is 5.81. The Kier molecular flexibility index (Phi) is 7.08. The minimum absolute atomic E-state index is 0.129. The zero-order chi connectivity index (χ0) is 22.2. The van der Waals surface area contributed by atoms with Crippen molar-refractivity contribution >= 4 is 17.2 Å². The van der Waals surface area contributed by atoms with Crippen LogP contribution in [0.15, 0.2) is 90.1 Å². The maximum Gasteiger partial charge on any atom is 0.156 e. The Labute approximate surface area is 189 Å². The van der Waals surface area contributed by atoms with Crippen molar-refractivity contribution in [2.75, 3.05) is 11.6 Å². The SMILES string of the molecule is CCCCCCOc1ccc(C2=NC(c3ccccc3)=CN(c3ccccc3)N2)c(O)c1. The summed E-state index contributed by atoms with van der Waals surface area (Å²) in [5, 5.41) is 12.7. The third kappa shape index (κ3) is 5.30. The van der Waals surface area contributed by atoms with E-state index in [1.807, 2.05) is 84.0 Å². The quantitative estimate of drug-likeness (QED) is 0.404. The highest BCUT2D eigenvalue weighted by Gasteiger charge is 2.19. The molecule has 2 N–H and O–H groups in total. The topological polar surface area (TPSA) is 57.1 Å². The largest absolute Gasteiger partial charge is 0.507 e. The van der Waals surface area contributed by atoms with Crippen LogP contribution in [0.1, 0.15) is 43.7 Å². The number of aliphatic imine (C=N–C) groups is 1. The van der Waals surface area contributed by atoms with E-state index in [2.05, 4.69) is 12.3 Å². The van der Waals surface area contributed by atoms with Gasteiger partial charge in [-0.05, 0) is 30.7 Å². The van der Waals surface area contributed by atoms with E-state index in [1.54, 1.807) is 6.07 Å². The zero-order valence-electron chi connectivity index (χ0n) is 18.4. The summed E-state index contributed by atoms with van der Waals surface area (Å²) >= 11 is 0. The lowest BCUT2D eigenvalue weighted by atomic mass is 10.1. The van der Waals surface area contributed by atoms with Crippen LogP contribution in [0.25, 0.3) is 5.70 Å². The molecule has 0 aromatic heterocycles. The number of hydrazine groups is 1. The van der Waals surface area contributed by atoms with E-state index in [0.717, 1.165) is 29.8 Å². The van der Waals surface area contributed by atoms with Crippen molar-refractivity contribution in [3.05, 3.63) is 96.2 Å². The molecular formula is C27H29N3O2. The lowest BCUT2D eigenvalue weighted by molar-refractivity contribution is 0.303. The van der Waals surface area contributed by atoms with Crippen LogP contribution < -0.4 is 15.2 Å². The molecule has 0 saturated carbocycles. The first kappa shape index (κ1) is 21.5. The van der Waals surface area contributed by atoms with Crippen LogP contribution in [0.5, 0.6) is 11.5 Å². The number of anilines is 1. The van der Waals surface area contributed by atoms with E-state index in [1.165, 1.54) is 12.8 Å². The number of ether oxygens (including phenoxy) is 1. The first-order chi connectivity index (χ1) is 15.7. The van der Waals surface area contributed by atoms with Crippen LogP contribution in [0.3, 0.4) is 0 Å². The van der Waals surface area contributed by atoms with Crippen molar-refractivity contribution in [1.82, 2.24) is 5.43 Å². The predicted molar refractivity (Wildman–Crippen MR) is 131 cm³/mol. The number of aromatic hydroxyl groups is 1. The third-order valence-corrected chi connectivity index (χ3v) is 5.30. The summed E-state index contributed by atoms with van der Waals surface area (Å²) in [5.74, 6) is 1.37. The van der Waals surface area contributed by atoms with Crippen molar-refractivity contribution in [3.63, 3.8) is 0 Å². The van der Waals surface area contributed by atoms with Crippen LogP contribution in [0, 0.1) is 0 Å². The average molecular weight is 428 g/mol. The van der Waals surface area contributed by atoms with Gasteiger partial charge in [0.2, 0.25) is 0 Å². The molecule has 1 aliphatic rings. The number of hydrogen-bond donors (Lipinski definition) is 2. The predicted octanol–water partition coefficient (Wildman–Crippen LogP) is 6.12. The molecule has 3 aromatic rings. The highest BCUT2D eigenvalue weighted by Crippen LogP contribution is 2.29. The molecule has 5 nitrogen and oxygen atoms in total. The number of nitrogens with zero attached hydrogens (tertiary/aromatic N) is 2. The van der Waals surface area contributed by atoms with Gasteiger partial charge in [-0.15, -0.1) is 0 Å². The molecule has 1 heterocycles. The summed E-state index contributed by atoms with van der Waals surface area (Å²) in [4.78, 5) is 4.81. The fourth-order valence-corrected chi connectivity index (χ4v) is 3.56. The highest BCUT2D eigenvalue weighted by molar-refractivity contribution is 6.06. The number of phenols is 1. The van der Waals surface area contributed by atoms with Gasteiger partial charge in [0.25, 0.3) is 0 Å². The van der Waals surface area contributed by atoms with Gasteiger partial charge in [-0.25, -0.2) is 4.99 Å². The molecule has 0 radical (unpaired) electrons. The average Bonchev–Trinajstić information content (AvgIpc) is 2.85. The smallest absolute Gasteiger partial charge is 0.156 e. The number of benzene rings is 3. The van der Waals surface area contributed by atoms with E-state index < -0.39 is 0 Å². The lowest BCUT2D eigenvalue weighted by Gasteiger charge is -2.28. The Morgan fingerprint density at radius 2 is 1.66 bits per heavy atom. The molecule has 0 amide bonds. The highest BCUT2D eigenvalue weighted by atomic mass is 16.5. The Hall–Kier alpha value is -3.73. The molecule has 1 aliphatic heterocycles. The number of hydrogen-bond acceptors (Lipinski definition) is 5. The summed E-state index contributed by atoms with van der Waals surface area (Å²) in [6.07, 6.45) is 6.55. The molecule has 164 valence electrons. The van der Waals surface area contributed by atoms with Gasteiger partial charge in [-0.1, -0.05) is 74.7 Å². The molecule has 0 saturated heterocycles. The van der Waals surface area contributed by atoms with Gasteiger partial charge in [0.05, 0.1) is 29.8 Å². The first-order valence-electron chi connectivity index (χ1n) is 11.2. The molecular weight excluding hydrogens is 398 g/mol. The molecule has 0 aliphatic carbocycles. The summed E-state index contributed by atoms with van der Waals surface area (Å²) in [6, 6.07) is 25.4. The van der Waals surface area contributed by atoms with Crippen LogP contribution in [-0.2, 0) is 0 Å². The van der Waals surface area contributed by atoms with Crippen molar-refractivity contribution in [1.29, 1.82) is 0 Å². The molecule has 0 fully saturated rings. The standard InChI is InChI=1S/C27H29N3O2/c1-2-3-4-11-18-32-23-16-17-24(26(31)19-23)27-28-25(21-12-7-5-8-13-21)20-30(29-27)22-14-9-6-10-15-22/h5-10,12-17,19-20,31H,2-4,11,18H2,1H3,(H,28,29). The van der Waals surface area contributed by atoms with Crippen LogP contribution in [0.4, 0.5) is 5.69 Å². The second-order valence-electron chi connectivity index (χ2n) is 7.75. The Morgan fingerprint density at radius 3 is 2.38 bits per heavy atom. The normalized spacial score (nSPS) is 13.2. The Morgan fingerprint density at radius 1 is 0.906 bits per heavy atom. The number of unbranched alkanes of at least 4 members (excludes halogenated alkanes) is 3. The molecule has 0 atom stereocenters. The van der Waals surface area contributed by atoms with Crippen molar-refractivity contribution in [3.8, 4) is 11.5 Å². The van der Waals surface area contributed by atoms with Crippen LogP contribution >= 0.6 is 0 Å². The summed E-state index contributed by atoms with van der Waals surface area (Å²) in [6.45, 7) is 2.84. The van der Waals surface area contributed by atoms with Crippen molar-refractivity contribution in [2.24, 2.45) is 4.99 Å². The van der Waals surface area contributed by atoms with Crippen molar-refractivity contribution in [2.45, 2.75) is 32.6 Å². The summed E-state index contributed by atoms with van der Waals surface area (Å²) in [5.41, 5.74) is 6.71. The lowest BCUT2D eigenvalue weighted by Crippen LogP contribution is -2.41. The molecule has 0 spiro atoms. The van der Waals surface area contributed by atoms with E-state index in [0.29, 0.717) is 23.8 Å². The van der Waals surface area contributed by atoms with E-state index in [-0.39, 0.29) is 5.75 Å². The fraction of sp³-hybridized carbons (Fsp3) is 0.222. The summed E-state index contributed by atoms with van der Waals surface area (Å²) in [7, 11) is 0. The number of para-hydroxylation sites is 1. The van der Waals surface area contributed by atoms with Gasteiger partial charge >= 0.3 is 0 Å². The maximum absolute atomic E-state index is 10.8. The molecule has 32 heavy (non-hydrogen) atoms. The Balaban J connectivity index is 1.59. The first-order valence-corrected chi connectivity index (χ1v) is 11.2. The monoisotopic (exact) mass is 427 g/mol. The molecule has 0 unspecified atom stereocenters.